The second-order valence-corrected chi connectivity index (χ2v) is 6.34. The number of halogens is 4. The molecular weight excluding hydrogens is 445 g/mol. The number of esters is 1. The quantitative estimate of drug-likeness (QED) is 0.549. The third-order valence-electron chi connectivity index (χ3n) is 3.65. The molecule has 0 saturated heterocycles. The molecule has 0 atom stereocenters. The Labute approximate surface area is 164 Å². The van der Waals surface area contributed by atoms with Gasteiger partial charge < -0.3 is 9.47 Å². The van der Waals surface area contributed by atoms with Gasteiger partial charge >= 0.3 is 12.3 Å². The number of hydrogen-bond donors (Lipinski definition) is 0. The van der Waals surface area contributed by atoms with Gasteiger partial charge in [-0.15, -0.1) is 13.2 Å². The summed E-state index contributed by atoms with van der Waals surface area (Å²) in [6, 6.07) is 9.76. The van der Waals surface area contributed by atoms with E-state index < -0.39 is 29.2 Å². The fourth-order valence-corrected chi connectivity index (χ4v) is 3.09. The van der Waals surface area contributed by atoms with E-state index in [1.54, 1.807) is 25.1 Å². The molecular formula is C18H12BrF3N2O4. The first-order valence-corrected chi connectivity index (χ1v) is 8.75. The summed E-state index contributed by atoms with van der Waals surface area (Å²) in [5.74, 6) is -1.30. The summed E-state index contributed by atoms with van der Waals surface area (Å²) in [5.41, 5.74) is -0.369. The van der Waals surface area contributed by atoms with Crippen LogP contribution in [0.4, 0.5) is 13.2 Å². The minimum Gasteiger partial charge on any atom is -0.461 e. The average molecular weight is 457 g/mol. The molecule has 0 fully saturated rings. The number of rotatable bonds is 4. The van der Waals surface area contributed by atoms with Crippen molar-refractivity contribution in [3.63, 3.8) is 0 Å². The molecule has 0 aliphatic heterocycles. The highest BCUT2D eigenvalue weighted by Crippen LogP contribution is 2.26. The van der Waals surface area contributed by atoms with Crippen molar-refractivity contribution in [3.05, 3.63) is 62.9 Å². The third-order valence-corrected chi connectivity index (χ3v) is 4.31. The van der Waals surface area contributed by atoms with E-state index in [-0.39, 0.29) is 12.0 Å². The average Bonchev–Trinajstić information content (AvgIpc) is 2.62. The van der Waals surface area contributed by atoms with Gasteiger partial charge in [-0.25, -0.2) is 9.48 Å². The van der Waals surface area contributed by atoms with Crippen LogP contribution >= 0.6 is 15.9 Å². The molecule has 1 heterocycles. The van der Waals surface area contributed by atoms with E-state index in [1.807, 2.05) is 0 Å². The lowest BCUT2D eigenvalue weighted by atomic mass is 10.2. The molecule has 0 N–H and O–H groups in total. The molecule has 0 amide bonds. The van der Waals surface area contributed by atoms with Crippen LogP contribution in [-0.2, 0) is 4.74 Å². The first-order chi connectivity index (χ1) is 13.2. The molecule has 0 bridgehead atoms. The predicted octanol–water partition coefficient (Wildman–Crippen LogP) is 4.22. The van der Waals surface area contributed by atoms with E-state index in [0.717, 1.165) is 12.1 Å². The summed E-state index contributed by atoms with van der Waals surface area (Å²) in [6.45, 7) is 1.64. The molecule has 0 spiro atoms. The number of ether oxygens (including phenoxy) is 2. The van der Waals surface area contributed by atoms with Crippen molar-refractivity contribution in [2.45, 2.75) is 13.3 Å². The van der Waals surface area contributed by atoms with Crippen molar-refractivity contribution < 1.29 is 27.4 Å². The molecule has 0 radical (unpaired) electrons. The first-order valence-electron chi connectivity index (χ1n) is 7.96. The fraction of sp³-hybridized carbons (Fsp3) is 0.167. The Morgan fingerprint density at radius 2 is 1.86 bits per heavy atom. The van der Waals surface area contributed by atoms with Gasteiger partial charge in [0, 0.05) is 4.47 Å². The Morgan fingerprint density at radius 3 is 2.46 bits per heavy atom. The highest BCUT2D eigenvalue weighted by Gasteiger charge is 2.31. The van der Waals surface area contributed by atoms with Crippen molar-refractivity contribution in [2.24, 2.45) is 0 Å². The van der Waals surface area contributed by atoms with Crippen molar-refractivity contribution in [3.8, 4) is 11.4 Å². The SMILES string of the molecule is CCOC(=O)c1nn(-c2ccc(OC(F)(F)F)cc2)c2cccc(Br)c2c1=O. The zero-order valence-electron chi connectivity index (χ0n) is 14.3. The van der Waals surface area contributed by atoms with Crippen LogP contribution in [0.3, 0.4) is 0 Å². The van der Waals surface area contributed by atoms with E-state index in [2.05, 4.69) is 25.8 Å². The number of carbonyl (C=O) groups excluding carboxylic acids is 1. The number of benzene rings is 2. The predicted molar refractivity (Wildman–Crippen MR) is 97.7 cm³/mol. The fourth-order valence-electron chi connectivity index (χ4n) is 2.55. The smallest absolute Gasteiger partial charge is 0.461 e. The third kappa shape index (κ3) is 4.01. The number of hydrogen-bond acceptors (Lipinski definition) is 5. The molecule has 1 aromatic heterocycles. The van der Waals surface area contributed by atoms with Crippen molar-refractivity contribution in [2.75, 3.05) is 6.61 Å². The van der Waals surface area contributed by atoms with Crippen LogP contribution in [0.5, 0.6) is 5.75 Å². The largest absolute Gasteiger partial charge is 0.573 e. The normalized spacial score (nSPS) is 11.5. The maximum absolute atomic E-state index is 12.7. The van der Waals surface area contributed by atoms with E-state index >= 15 is 0 Å². The van der Waals surface area contributed by atoms with E-state index in [1.165, 1.54) is 16.8 Å². The summed E-state index contributed by atoms with van der Waals surface area (Å²) in [7, 11) is 0. The van der Waals surface area contributed by atoms with E-state index in [9.17, 15) is 22.8 Å². The van der Waals surface area contributed by atoms with Crippen LogP contribution in [0.1, 0.15) is 17.4 Å². The highest BCUT2D eigenvalue weighted by molar-refractivity contribution is 9.10. The minimum atomic E-state index is -4.81. The van der Waals surface area contributed by atoms with Crippen molar-refractivity contribution in [1.82, 2.24) is 9.78 Å². The molecule has 0 aliphatic rings. The molecule has 0 aliphatic carbocycles. The number of fused-ring (bicyclic) bond motifs is 1. The molecule has 3 aromatic rings. The van der Waals surface area contributed by atoms with Crippen LogP contribution in [0, 0.1) is 0 Å². The monoisotopic (exact) mass is 456 g/mol. The summed E-state index contributed by atoms with van der Waals surface area (Å²) in [4.78, 5) is 24.9. The van der Waals surface area contributed by atoms with Gasteiger partial charge in [0.2, 0.25) is 11.1 Å². The molecule has 0 unspecified atom stereocenters. The lowest BCUT2D eigenvalue weighted by Gasteiger charge is -2.14. The zero-order valence-corrected chi connectivity index (χ0v) is 15.9. The molecule has 0 saturated carbocycles. The summed E-state index contributed by atoms with van der Waals surface area (Å²) < 4.78 is 47.5. The Balaban J connectivity index is 2.20. The van der Waals surface area contributed by atoms with E-state index in [0.29, 0.717) is 15.7 Å². The standard InChI is InChI=1S/C18H12BrF3N2O4/c1-2-27-17(26)15-16(25)14-12(19)4-3-5-13(14)24(23-15)10-6-8-11(9-7-10)28-18(20,21)22/h3-9H,2H2,1H3. The molecule has 10 heteroatoms. The van der Waals surface area contributed by atoms with Crippen molar-refractivity contribution >= 4 is 32.8 Å². The maximum atomic E-state index is 12.7. The van der Waals surface area contributed by atoms with Gasteiger partial charge in [0.25, 0.3) is 0 Å². The topological polar surface area (TPSA) is 70.4 Å². The minimum absolute atomic E-state index is 0.0530. The molecule has 146 valence electrons. The van der Waals surface area contributed by atoms with Gasteiger partial charge in [0.05, 0.1) is 23.2 Å². The highest BCUT2D eigenvalue weighted by atomic mass is 79.9. The Bertz CT molecular complexity index is 1090. The summed E-state index contributed by atoms with van der Waals surface area (Å²) in [6.07, 6.45) is -4.81. The second-order valence-electron chi connectivity index (χ2n) is 5.49. The summed E-state index contributed by atoms with van der Waals surface area (Å²) in [5, 5.41) is 4.27. The lowest BCUT2D eigenvalue weighted by molar-refractivity contribution is -0.274. The Hall–Kier alpha value is -2.88. The van der Waals surface area contributed by atoms with Crippen LogP contribution in [-0.4, -0.2) is 28.7 Å². The van der Waals surface area contributed by atoms with Gasteiger partial charge in [0.15, 0.2) is 0 Å². The zero-order chi connectivity index (χ0) is 20.5. The molecule has 6 nitrogen and oxygen atoms in total. The summed E-state index contributed by atoms with van der Waals surface area (Å²) >= 11 is 3.28. The van der Waals surface area contributed by atoms with Gasteiger partial charge in [-0.3, -0.25) is 4.79 Å². The number of carbonyl (C=O) groups is 1. The van der Waals surface area contributed by atoms with Crippen molar-refractivity contribution in [1.29, 1.82) is 0 Å². The Morgan fingerprint density at radius 1 is 1.18 bits per heavy atom. The number of nitrogens with zero attached hydrogens (tertiary/aromatic N) is 2. The van der Waals surface area contributed by atoms with Crippen LogP contribution in [0.15, 0.2) is 51.7 Å². The second kappa shape index (κ2) is 7.63. The maximum Gasteiger partial charge on any atom is 0.573 e. The number of aromatic nitrogens is 2. The number of alkyl halides is 3. The van der Waals surface area contributed by atoms with Crippen LogP contribution in [0.2, 0.25) is 0 Å². The Kier molecular flexibility index (Phi) is 5.41. The lowest BCUT2D eigenvalue weighted by Crippen LogP contribution is -2.24. The van der Waals surface area contributed by atoms with E-state index in [4.69, 9.17) is 4.74 Å². The first kappa shape index (κ1) is 19.9. The van der Waals surface area contributed by atoms with Crippen LogP contribution in [0.25, 0.3) is 16.6 Å². The van der Waals surface area contributed by atoms with Gasteiger partial charge in [-0.2, -0.15) is 5.10 Å². The van der Waals surface area contributed by atoms with Gasteiger partial charge in [-0.05, 0) is 59.3 Å². The molecule has 3 rings (SSSR count). The van der Waals surface area contributed by atoms with Crippen LogP contribution < -0.4 is 10.2 Å². The molecule has 28 heavy (non-hydrogen) atoms. The van der Waals surface area contributed by atoms with Gasteiger partial charge in [0.1, 0.15) is 5.75 Å². The van der Waals surface area contributed by atoms with Gasteiger partial charge in [-0.1, -0.05) is 6.07 Å². The molecule has 2 aromatic carbocycles.